The molecule has 24 heavy (non-hydrogen) atoms. The highest BCUT2D eigenvalue weighted by atomic mass is 16.3. The Kier molecular flexibility index (Phi) is 6.37. The number of benzene rings is 1. The summed E-state index contributed by atoms with van der Waals surface area (Å²) in [4.78, 5) is 14.1. The Morgan fingerprint density at radius 1 is 1.33 bits per heavy atom. The highest BCUT2D eigenvalue weighted by molar-refractivity contribution is 5.74. The van der Waals surface area contributed by atoms with E-state index in [1.165, 1.54) is 0 Å². The van der Waals surface area contributed by atoms with E-state index >= 15 is 0 Å². The van der Waals surface area contributed by atoms with Crippen LogP contribution in [0.2, 0.25) is 0 Å². The summed E-state index contributed by atoms with van der Waals surface area (Å²) in [6, 6.07) is 9.75. The fraction of sp³-hybridized carbons (Fsp3) is 0.444. The molecule has 1 aromatic heterocycles. The molecule has 0 aliphatic heterocycles. The molecule has 130 valence electrons. The lowest BCUT2D eigenvalue weighted by molar-refractivity contribution is 0.192. The van der Waals surface area contributed by atoms with Crippen LogP contribution in [-0.4, -0.2) is 46.0 Å². The molecule has 6 nitrogen and oxygen atoms in total. The van der Waals surface area contributed by atoms with Crippen molar-refractivity contribution >= 4 is 6.03 Å². The van der Waals surface area contributed by atoms with E-state index in [2.05, 4.69) is 10.4 Å². The zero-order valence-corrected chi connectivity index (χ0v) is 14.5. The third kappa shape index (κ3) is 4.58. The molecule has 0 fully saturated rings. The highest BCUT2D eigenvalue weighted by Gasteiger charge is 2.20. The first-order valence-electron chi connectivity index (χ1n) is 8.18. The zero-order chi connectivity index (χ0) is 17.5. The van der Waals surface area contributed by atoms with Gasteiger partial charge < -0.3 is 15.3 Å². The number of nitrogens with zero attached hydrogens (tertiary/aromatic N) is 3. The number of hydrogen-bond donors (Lipinski definition) is 2. The Labute approximate surface area is 143 Å². The molecule has 1 heterocycles. The number of hydrogen-bond acceptors (Lipinski definition) is 3. The molecule has 0 radical (unpaired) electrons. The number of carbonyl (C=O) groups excluding carboxylic acids is 1. The summed E-state index contributed by atoms with van der Waals surface area (Å²) in [6.07, 6.45) is 4.30. The van der Waals surface area contributed by atoms with E-state index < -0.39 is 0 Å². The van der Waals surface area contributed by atoms with Gasteiger partial charge in [-0.3, -0.25) is 4.68 Å². The molecule has 2 aromatic rings. The van der Waals surface area contributed by atoms with E-state index in [1.54, 1.807) is 22.8 Å². The predicted molar refractivity (Wildman–Crippen MR) is 93.7 cm³/mol. The van der Waals surface area contributed by atoms with Gasteiger partial charge in [0.1, 0.15) is 0 Å². The predicted octanol–water partition coefficient (Wildman–Crippen LogP) is 2.29. The van der Waals surface area contributed by atoms with Crippen LogP contribution >= 0.6 is 0 Å². The number of rotatable bonds is 7. The second kappa shape index (κ2) is 8.49. The van der Waals surface area contributed by atoms with Crippen LogP contribution in [0.15, 0.2) is 42.7 Å². The summed E-state index contributed by atoms with van der Waals surface area (Å²) in [5, 5.41) is 16.4. The Morgan fingerprint density at radius 3 is 2.62 bits per heavy atom. The summed E-state index contributed by atoms with van der Waals surface area (Å²) in [5.41, 5.74) is 2.11. The smallest absolute Gasteiger partial charge is 0.317 e. The Hall–Kier alpha value is -2.34. The number of carbonyl (C=O) groups is 1. The quantitative estimate of drug-likeness (QED) is 0.818. The zero-order valence-electron chi connectivity index (χ0n) is 14.5. The summed E-state index contributed by atoms with van der Waals surface area (Å²) in [7, 11) is 3.63. The van der Waals surface area contributed by atoms with E-state index in [0.29, 0.717) is 13.0 Å². The van der Waals surface area contributed by atoms with Gasteiger partial charge in [-0.15, -0.1) is 0 Å². The fourth-order valence-corrected chi connectivity index (χ4v) is 2.66. The number of aliphatic hydroxyl groups excluding tert-OH is 1. The van der Waals surface area contributed by atoms with Gasteiger partial charge in [0.05, 0.1) is 12.2 Å². The molecule has 2 amide bonds. The number of aromatic nitrogens is 2. The maximum absolute atomic E-state index is 12.4. The largest absolute Gasteiger partial charge is 0.396 e. The molecule has 0 saturated carbocycles. The van der Waals surface area contributed by atoms with E-state index in [4.69, 9.17) is 0 Å². The van der Waals surface area contributed by atoms with E-state index in [-0.39, 0.29) is 24.6 Å². The lowest BCUT2D eigenvalue weighted by Crippen LogP contribution is -2.40. The Bertz CT molecular complexity index is 641. The summed E-state index contributed by atoms with van der Waals surface area (Å²) in [5.74, 6) is 0.0993. The molecule has 0 saturated heterocycles. The molecular formula is C18H26N4O2. The topological polar surface area (TPSA) is 70.4 Å². The van der Waals surface area contributed by atoms with Crippen LogP contribution in [0, 0.1) is 0 Å². The first-order valence-corrected chi connectivity index (χ1v) is 8.18. The molecule has 6 heteroatoms. The van der Waals surface area contributed by atoms with Crippen LogP contribution in [0.4, 0.5) is 4.79 Å². The van der Waals surface area contributed by atoms with E-state index in [1.807, 2.05) is 50.5 Å². The van der Waals surface area contributed by atoms with Gasteiger partial charge >= 0.3 is 6.03 Å². The van der Waals surface area contributed by atoms with Crippen molar-refractivity contribution in [3.8, 4) is 0 Å². The second-order valence-corrected chi connectivity index (χ2v) is 6.04. The Morgan fingerprint density at radius 2 is 2.04 bits per heavy atom. The molecular weight excluding hydrogens is 304 g/mol. The van der Waals surface area contributed by atoms with Gasteiger partial charge in [0.15, 0.2) is 0 Å². The van der Waals surface area contributed by atoms with Crippen LogP contribution in [0.1, 0.15) is 36.4 Å². The molecule has 1 aromatic carbocycles. The first kappa shape index (κ1) is 18.0. The van der Waals surface area contributed by atoms with Crippen molar-refractivity contribution in [1.29, 1.82) is 0 Å². The molecule has 2 N–H and O–H groups in total. The number of amides is 2. The number of aryl methyl sites for hydroxylation is 1. The molecule has 0 spiro atoms. The van der Waals surface area contributed by atoms with Crippen LogP contribution in [-0.2, 0) is 7.05 Å². The van der Waals surface area contributed by atoms with Crippen molar-refractivity contribution in [3.63, 3.8) is 0 Å². The van der Waals surface area contributed by atoms with Gasteiger partial charge in [-0.05, 0) is 18.9 Å². The summed E-state index contributed by atoms with van der Waals surface area (Å²) < 4.78 is 1.73. The molecule has 0 aliphatic rings. The standard InChI is InChI=1S/C18H26N4O2/c1-14(17-12-20-21(2)13-17)22(3)18(24)19-11-16(9-10-23)15-7-5-4-6-8-15/h4-8,12-14,16,23H,9-11H2,1-3H3,(H,19,24). The minimum Gasteiger partial charge on any atom is -0.396 e. The Balaban J connectivity index is 1.95. The fourth-order valence-electron chi connectivity index (χ4n) is 2.66. The SMILES string of the molecule is CC(c1cnn(C)c1)N(C)C(=O)NCC(CCO)c1ccccc1. The van der Waals surface area contributed by atoms with Gasteiger partial charge in [0, 0.05) is 44.9 Å². The van der Waals surface area contributed by atoms with Crippen LogP contribution in [0.25, 0.3) is 0 Å². The van der Waals surface area contributed by atoms with Gasteiger partial charge in [0.25, 0.3) is 0 Å². The monoisotopic (exact) mass is 330 g/mol. The second-order valence-electron chi connectivity index (χ2n) is 6.04. The molecule has 0 bridgehead atoms. The average Bonchev–Trinajstić information content (AvgIpc) is 3.04. The molecule has 2 rings (SSSR count). The molecule has 2 atom stereocenters. The first-order chi connectivity index (χ1) is 11.5. The third-order valence-corrected chi connectivity index (χ3v) is 4.36. The number of aliphatic hydroxyl groups is 1. The van der Waals surface area contributed by atoms with E-state index in [9.17, 15) is 9.90 Å². The van der Waals surface area contributed by atoms with Gasteiger partial charge in [-0.1, -0.05) is 30.3 Å². The van der Waals surface area contributed by atoms with Gasteiger partial charge in [-0.2, -0.15) is 5.10 Å². The van der Waals surface area contributed by atoms with E-state index in [0.717, 1.165) is 11.1 Å². The highest BCUT2D eigenvalue weighted by Crippen LogP contribution is 2.20. The minimum atomic E-state index is -0.134. The minimum absolute atomic E-state index is 0.0632. The molecule has 0 aliphatic carbocycles. The van der Waals surface area contributed by atoms with Crippen molar-refractivity contribution in [2.45, 2.75) is 25.3 Å². The lowest BCUT2D eigenvalue weighted by atomic mass is 9.96. The van der Waals surface area contributed by atoms with Crippen molar-refractivity contribution < 1.29 is 9.90 Å². The van der Waals surface area contributed by atoms with Crippen LogP contribution in [0.5, 0.6) is 0 Å². The number of urea groups is 1. The van der Waals surface area contributed by atoms with Crippen LogP contribution < -0.4 is 5.32 Å². The molecule has 2 unspecified atom stereocenters. The normalized spacial score (nSPS) is 13.3. The van der Waals surface area contributed by atoms with Crippen molar-refractivity contribution in [1.82, 2.24) is 20.0 Å². The summed E-state index contributed by atoms with van der Waals surface area (Å²) >= 11 is 0. The van der Waals surface area contributed by atoms with Crippen molar-refractivity contribution in [3.05, 3.63) is 53.9 Å². The summed E-state index contributed by atoms with van der Waals surface area (Å²) in [6.45, 7) is 2.56. The maximum atomic E-state index is 12.4. The maximum Gasteiger partial charge on any atom is 0.317 e. The van der Waals surface area contributed by atoms with Crippen molar-refractivity contribution in [2.24, 2.45) is 7.05 Å². The van der Waals surface area contributed by atoms with Crippen LogP contribution in [0.3, 0.4) is 0 Å². The average molecular weight is 330 g/mol. The van der Waals surface area contributed by atoms with Gasteiger partial charge in [-0.25, -0.2) is 4.79 Å². The van der Waals surface area contributed by atoms with Gasteiger partial charge in [0.2, 0.25) is 0 Å². The third-order valence-electron chi connectivity index (χ3n) is 4.36. The lowest BCUT2D eigenvalue weighted by Gasteiger charge is -2.26. The number of nitrogens with one attached hydrogen (secondary N) is 1. The van der Waals surface area contributed by atoms with Crippen molar-refractivity contribution in [2.75, 3.05) is 20.2 Å².